The first-order chi connectivity index (χ1) is 15.2. The molecule has 1 aliphatic heterocycles. The first-order valence-corrected chi connectivity index (χ1v) is 11.6. The molecule has 8 heteroatoms. The Morgan fingerprint density at radius 1 is 1.10 bits per heavy atom. The van der Waals surface area contributed by atoms with Crippen LogP contribution in [0.1, 0.15) is 17.9 Å². The number of hydrogen-bond acceptors (Lipinski definition) is 7. The van der Waals surface area contributed by atoms with Crippen LogP contribution in [0.2, 0.25) is 0 Å². The van der Waals surface area contributed by atoms with Gasteiger partial charge in [0.2, 0.25) is 17.6 Å². The smallest absolute Gasteiger partial charge is 0.236 e. The molecule has 1 aromatic carbocycles. The van der Waals surface area contributed by atoms with Gasteiger partial charge in [0.25, 0.3) is 0 Å². The van der Waals surface area contributed by atoms with Crippen molar-refractivity contribution in [3.8, 4) is 10.7 Å². The third-order valence-electron chi connectivity index (χ3n) is 5.59. The molecule has 31 heavy (non-hydrogen) atoms. The van der Waals surface area contributed by atoms with Crippen LogP contribution in [0.4, 0.5) is 0 Å². The van der Waals surface area contributed by atoms with E-state index in [0.717, 1.165) is 56.0 Å². The number of likely N-dealkylation sites (N-methyl/N-ethyl adjacent to an activating group) is 1. The molecule has 0 atom stereocenters. The van der Waals surface area contributed by atoms with Crippen LogP contribution >= 0.6 is 11.3 Å². The van der Waals surface area contributed by atoms with Gasteiger partial charge in [-0.25, -0.2) is 0 Å². The van der Waals surface area contributed by atoms with Crippen molar-refractivity contribution in [2.75, 3.05) is 46.3 Å². The third-order valence-corrected chi connectivity index (χ3v) is 6.45. The Bertz CT molecular complexity index is 936. The van der Waals surface area contributed by atoms with Crippen LogP contribution in [0.3, 0.4) is 0 Å². The Labute approximate surface area is 187 Å². The van der Waals surface area contributed by atoms with Crippen molar-refractivity contribution in [3.63, 3.8) is 0 Å². The largest absolute Gasteiger partial charge is 0.340 e. The van der Waals surface area contributed by atoms with Gasteiger partial charge in [-0.1, -0.05) is 41.6 Å². The van der Waals surface area contributed by atoms with Crippen molar-refractivity contribution >= 4 is 17.2 Å². The fourth-order valence-corrected chi connectivity index (χ4v) is 4.39. The van der Waals surface area contributed by atoms with E-state index in [1.54, 1.807) is 11.3 Å². The van der Waals surface area contributed by atoms with Crippen LogP contribution in [0.15, 0.2) is 52.4 Å². The van der Waals surface area contributed by atoms with Crippen molar-refractivity contribution in [3.05, 3.63) is 59.3 Å². The molecule has 164 valence electrons. The van der Waals surface area contributed by atoms with Gasteiger partial charge in [0.1, 0.15) is 0 Å². The number of carbonyl (C=O) groups is 1. The average molecular weight is 440 g/mol. The second-order valence-corrected chi connectivity index (χ2v) is 8.89. The fourth-order valence-electron chi connectivity index (χ4n) is 3.74. The zero-order valence-electron chi connectivity index (χ0n) is 17.9. The lowest BCUT2D eigenvalue weighted by atomic mass is 10.2. The molecule has 3 aromatic rings. The van der Waals surface area contributed by atoms with E-state index < -0.39 is 0 Å². The first-order valence-electron chi connectivity index (χ1n) is 10.8. The van der Waals surface area contributed by atoms with Gasteiger partial charge in [0, 0.05) is 46.2 Å². The van der Waals surface area contributed by atoms with Crippen LogP contribution in [0.5, 0.6) is 0 Å². The van der Waals surface area contributed by atoms with Crippen LogP contribution in [-0.4, -0.2) is 77.1 Å². The van der Waals surface area contributed by atoms with Gasteiger partial charge in [-0.3, -0.25) is 9.69 Å². The Hall–Kier alpha value is -2.55. The summed E-state index contributed by atoms with van der Waals surface area (Å²) in [5.74, 6) is 1.56. The standard InChI is InChI=1S/C23H29N5O2S/c1-26(17-19-7-3-2-4-8-19)22(29)18-28-14-12-27(13-15-28)11-5-10-21-24-23(25-30-21)20-9-6-16-31-20/h2-4,6-9,16H,5,10-15,17-18H2,1H3. The second-order valence-electron chi connectivity index (χ2n) is 7.95. The van der Waals surface area contributed by atoms with Crippen LogP contribution < -0.4 is 0 Å². The van der Waals surface area contributed by atoms with Crippen molar-refractivity contribution < 1.29 is 9.32 Å². The predicted molar refractivity (Wildman–Crippen MR) is 122 cm³/mol. The number of carbonyl (C=O) groups excluding carboxylic acids is 1. The highest BCUT2D eigenvalue weighted by atomic mass is 32.1. The minimum atomic E-state index is 0.176. The Morgan fingerprint density at radius 3 is 2.61 bits per heavy atom. The number of aryl methyl sites for hydroxylation is 1. The summed E-state index contributed by atoms with van der Waals surface area (Å²) >= 11 is 1.62. The predicted octanol–water partition coefficient (Wildman–Crippen LogP) is 3.01. The average Bonchev–Trinajstić information content (AvgIpc) is 3.48. The zero-order valence-corrected chi connectivity index (χ0v) is 18.8. The monoisotopic (exact) mass is 439 g/mol. The van der Waals surface area contributed by atoms with Gasteiger partial charge >= 0.3 is 0 Å². The molecule has 7 nitrogen and oxygen atoms in total. The van der Waals surface area contributed by atoms with Crippen molar-refractivity contribution in [2.24, 2.45) is 0 Å². The number of hydrogen-bond donors (Lipinski definition) is 0. The summed E-state index contributed by atoms with van der Waals surface area (Å²) in [6.45, 7) is 5.97. The minimum Gasteiger partial charge on any atom is -0.340 e. The van der Waals surface area contributed by atoms with Crippen molar-refractivity contribution in [2.45, 2.75) is 19.4 Å². The first kappa shape index (κ1) is 21.7. The minimum absolute atomic E-state index is 0.176. The molecule has 0 aliphatic carbocycles. The summed E-state index contributed by atoms with van der Waals surface area (Å²) in [5, 5.41) is 6.08. The molecular weight excluding hydrogens is 410 g/mol. The zero-order chi connectivity index (χ0) is 21.5. The van der Waals surface area contributed by atoms with Crippen molar-refractivity contribution in [1.82, 2.24) is 24.8 Å². The summed E-state index contributed by atoms with van der Waals surface area (Å²) in [6, 6.07) is 14.1. The summed E-state index contributed by atoms with van der Waals surface area (Å²) in [7, 11) is 1.88. The Balaban J connectivity index is 1.13. The molecule has 3 heterocycles. The quantitative estimate of drug-likeness (QED) is 0.511. The maximum absolute atomic E-state index is 12.6. The molecule has 1 fully saturated rings. The third kappa shape index (κ3) is 6.22. The summed E-state index contributed by atoms with van der Waals surface area (Å²) in [5.41, 5.74) is 1.16. The van der Waals surface area contributed by atoms with Crippen LogP contribution in [-0.2, 0) is 17.8 Å². The number of piperazine rings is 1. The molecule has 0 N–H and O–H groups in total. The highest BCUT2D eigenvalue weighted by molar-refractivity contribution is 7.13. The molecule has 0 bridgehead atoms. The molecule has 0 unspecified atom stereocenters. The Kier molecular flexibility index (Phi) is 7.45. The summed E-state index contributed by atoms with van der Waals surface area (Å²) in [4.78, 5) is 24.6. The highest BCUT2D eigenvalue weighted by Gasteiger charge is 2.20. The lowest BCUT2D eigenvalue weighted by Gasteiger charge is -2.35. The van der Waals surface area contributed by atoms with E-state index in [-0.39, 0.29) is 5.91 Å². The molecule has 1 aliphatic rings. The van der Waals surface area contributed by atoms with Gasteiger partial charge in [0.15, 0.2) is 0 Å². The van der Waals surface area contributed by atoms with Gasteiger partial charge < -0.3 is 14.3 Å². The molecule has 2 aromatic heterocycles. The maximum Gasteiger partial charge on any atom is 0.236 e. The SMILES string of the molecule is CN(Cc1ccccc1)C(=O)CN1CCN(CCCc2nc(-c3cccs3)no2)CC1. The van der Waals surface area contributed by atoms with Crippen LogP contribution in [0, 0.1) is 0 Å². The summed E-state index contributed by atoms with van der Waals surface area (Å²) in [6.07, 6.45) is 1.78. The highest BCUT2D eigenvalue weighted by Crippen LogP contribution is 2.21. The van der Waals surface area contributed by atoms with Gasteiger partial charge in [-0.15, -0.1) is 11.3 Å². The van der Waals surface area contributed by atoms with E-state index in [9.17, 15) is 4.79 Å². The Morgan fingerprint density at radius 2 is 1.87 bits per heavy atom. The lowest BCUT2D eigenvalue weighted by Crippen LogP contribution is -2.49. The number of benzene rings is 1. The fraction of sp³-hybridized carbons (Fsp3) is 0.435. The molecule has 0 spiro atoms. The molecule has 1 saturated heterocycles. The molecular formula is C23H29N5O2S. The lowest BCUT2D eigenvalue weighted by molar-refractivity contribution is -0.132. The second kappa shape index (κ2) is 10.7. The van der Waals surface area contributed by atoms with E-state index >= 15 is 0 Å². The van der Waals surface area contributed by atoms with E-state index in [4.69, 9.17) is 4.52 Å². The normalized spacial score (nSPS) is 15.3. The van der Waals surface area contributed by atoms with Gasteiger partial charge in [-0.2, -0.15) is 4.98 Å². The van der Waals surface area contributed by atoms with E-state index in [1.165, 1.54) is 0 Å². The topological polar surface area (TPSA) is 65.7 Å². The molecule has 1 amide bonds. The number of rotatable bonds is 9. The van der Waals surface area contributed by atoms with E-state index in [0.29, 0.717) is 24.8 Å². The van der Waals surface area contributed by atoms with Crippen molar-refractivity contribution in [1.29, 1.82) is 0 Å². The van der Waals surface area contributed by atoms with Gasteiger partial charge in [-0.05, 0) is 30.0 Å². The number of aromatic nitrogens is 2. The number of nitrogens with zero attached hydrogens (tertiary/aromatic N) is 5. The molecule has 0 radical (unpaired) electrons. The maximum atomic E-state index is 12.6. The number of amides is 1. The molecule has 0 saturated carbocycles. The van der Waals surface area contributed by atoms with Gasteiger partial charge in [0.05, 0.1) is 11.4 Å². The van der Waals surface area contributed by atoms with E-state index in [2.05, 4.69) is 32.1 Å². The van der Waals surface area contributed by atoms with Crippen LogP contribution in [0.25, 0.3) is 10.7 Å². The summed E-state index contributed by atoms with van der Waals surface area (Å²) < 4.78 is 5.38. The number of thiophene rings is 1. The molecule has 4 rings (SSSR count). The van der Waals surface area contributed by atoms with E-state index in [1.807, 2.05) is 47.7 Å².